The Labute approximate surface area is 119 Å². The molecule has 20 heavy (non-hydrogen) atoms. The molecule has 1 saturated heterocycles. The van der Waals surface area contributed by atoms with E-state index in [1.807, 2.05) is 6.92 Å². The van der Waals surface area contributed by atoms with Crippen molar-refractivity contribution in [2.75, 3.05) is 13.7 Å². The molecule has 2 saturated carbocycles. The zero-order chi connectivity index (χ0) is 14.7. The highest BCUT2D eigenvalue weighted by Gasteiger charge is 3.02. The number of aliphatic hydroxyl groups excluding tert-OH is 1. The highest BCUT2D eigenvalue weighted by molar-refractivity contribution is 5.92. The summed E-state index contributed by atoms with van der Waals surface area (Å²) in [4.78, 5) is 14.8. The molecule has 0 radical (unpaired) electrons. The first-order valence-corrected chi connectivity index (χ1v) is 7.53. The zero-order valence-corrected chi connectivity index (χ0v) is 12.8. The van der Waals surface area contributed by atoms with Gasteiger partial charge in [0.1, 0.15) is 11.2 Å². The second-order valence-electron chi connectivity index (χ2n) is 7.57. The fraction of sp³-hybridized carbons (Fsp3) is 0.812. The van der Waals surface area contributed by atoms with Gasteiger partial charge in [-0.05, 0) is 25.7 Å². The van der Waals surface area contributed by atoms with Crippen molar-refractivity contribution in [1.82, 2.24) is 4.90 Å². The van der Waals surface area contributed by atoms with Gasteiger partial charge in [-0.2, -0.15) is 0 Å². The number of hydrogen-bond donors (Lipinski definition) is 1. The van der Waals surface area contributed by atoms with Crippen LogP contribution in [0.15, 0.2) is 12.2 Å². The summed E-state index contributed by atoms with van der Waals surface area (Å²) in [7, 11) is 1.80. The third-order valence-electron chi connectivity index (χ3n) is 7.13. The zero-order valence-electron chi connectivity index (χ0n) is 12.8. The summed E-state index contributed by atoms with van der Waals surface area (Å²) in [6, 6.07) is -0.150. The molecule has 4 nitrogen and oxygen atoms in total. The van der Waals surface area contributed by atoms with Crippen molar-refractivity contribution >= 4 is 5.91 Å². The maximum atomic E-state index is 13.1. The van der Waals surface area contributed by atoms with Gasteiger partial charge < -0.3 is 14.7 Å². The Morgan fingerprint density at radius 3 is 2.55 bits per heavy atom. The maximum absolute atomic E-state index is 13.1. The molecule has 4 aliphatic rings. The summed E-state index contributed by atoms with van der Waals surface area (Å²) in [5.41, 5.74) is -0.937. The molecule has 7 atom stereocenters. The number of carbonyl (C=O) groups excluding carboxylic acids is 1. The summed E-state index contributed by atoms with van der Waals surface area (Å²) in [5, 5.41) is 9.33. The maximum Gasteiger partial charge on any atom is 0.232 e. The highest BCUT2D eigenvalue weighted by atomic mass is 16.6. The SMILES string of the molecule is CC(CO)N(C)C(=O)C12C(C)C1C1(C)C=CC13OC23C. The average Bonchev–Trinajstić information content (AvgIpc) is 3.26. The molecule has 1 N–H and O–H groups in total. The van der Waals surface area contributed by atoms with E-state index in [1.54, 1.807) is 11.9 Å². The number of aliphatic hydroxyl groups is 1. The molecular formula is C16H23NO3. The molecule has 7 unspecified atom stereocenters. The van der Waals surface area contributed by atoms with E-state index in [0.29, 0.717) is 11.8 Å². The Morgan fingerprint density at radius 1 is 1.45 bits per heavy atom. The second kappa shape index (κ2) is 3.00. The Kier molecular flexibility index (Phi) is 1.92. The molecule has 0 aromatic rings. The average molecular weight is 277 g/mol. The van der Waals surface area contributed by atoms with Crippen LogP contribution < -0.4 is 0 Å². The Morgan fingerprint density at radius 2 is 2.10 bits per heavy atom. The fourth-order valence-corrected chi connectivity index (χ4v) is 5.77. The van der Waals surface area contributed by atoms with Crippen LogP contribution in [0, 0.1) is 22.7 Å². The van der Waals surface area contributed by atoms with Gasteiger partial charge in [-0.25, -0.2) is 0 Å². The minimum atomic E-state index is -0.399. The molecule has 0 aromatic heterocycles. The third kappa shape index (κ3) is 0.833. The van der Waals surface area contributed by atoms with Crippen molar-refractivity contribution in [2.24, 2.45) is 22.7 Å². The van der Waals surface area contributed by atoms with Gasteiger partial charge >= 0.3 is 0 Å². The smallest absolute Gasteiger partial charge is 0.232 e. The first kappa shape index (κ1) is 12.8. The normalized spacial score (nSPS) is 58.1. The molecule has 4 rings (SSSR count). The van der Waals surface area contributed by atoms with Crippen LogP contribution in [-0.2, 0) is 9.53 Å². The number of carbonyl (C=O) groups is 1. The molecule has 110 valence electrons. The van der Waals surface area contributed by atoms with Crippen molar-refractivity contribution in [3.8, 4) is 0 Å². The number of rotatable bonds is 3. The van der Waals surface area contributed by atoms with E-state index in [2.05, 4.69) is 32.9 Å². The van der Waals surface area contributed by atoms with Crippen LogP contribution in [0.3, 0.4) is 0 Å². The van der Waals surface area contributed by atoms with Gasteiger partial charge in [0, 0.05) is 12.5 Å². The molecule has 3 fully saturated rings. The third-order valence-corrected chi connectivity index (χ3v) is 7.13. The molecule has 0 bridgehead atoms. The highest BCUT2D eigenvalue weighted by Crippen LogP contribution is 2.93. The Bertz CT molecular complexity index is 560. The number of ether oxygens (including phenoxy) is 1. The molecule has 1 heterocycles. The lowest BCUT2D eigenvalue weighted by Gasteiger charge is -2.38. The lowest BCUT2D eigenvalue weighted by Crippen LogP contribution is -2.48. The molecular weight excluding hydrogens is 254 g/mol. The Balaban J connectivity index is 1.75. The van der Waals surface area contributed by atoms with E-state index in [9.17, 15) is 9.90 Å². The molecule has 1 aliphatic heterocycles. The number of hydrogen-bond acceptors (Lipinski definition) is 3. The summed E-state index contributed by atoms with van der Waals surface area (Å²) in [6.07, 6.45) is 4.38. The number of amides is 1. The van der Waals surface area contributed by atoms with Crippen LogP contribution in [0.1, 0.15) is 27.7 Å². The van der Waals surface area contributed by atoms with E-state index in [4.69, 9.17) is 4.74 Å². The van der Waals surface area contributed by atoms with E-state index in [-0.39, 0.29) is 35.2 Å². The van der Waals surface area contributed by atoms with Gasteiger partial charge in [0.15, 0.2) is 0 Å². The number of likely N-dealkylation sites (N-methyl/N-ethyl adjacent to an activating group) is 1. The van der Waals surface area contributed by atoms with Crippen LogP contribution in [-0.4, -0.2) is 46.8 Å². The summed E-state index contributed by atoms with van der Waals surface area (Å²) < 4.78 is 6.15. The van der Waals surface area contributed by atoms with Crippen molar-refractivity contribution in [2.45, 2.75) is 44.9 Å². The summed E-state index contributed by atoms with van der Waals surface area (Å²) in [5.74, 6) is 0.867. The molecule has 4 heteroatoms. The van der Waals surface area contributed by atoms with E-state index < -0.39 is 5.41 Å². The van der Waals surface area contributed by atoms with E-state index in [1.165, 1.54) is 0 Å². The lowest BCUT2D eigenvalue weighted by atomic mass is 9.63. The summed E-state index contributed by atoms with van der Waals surface area (Å²) in [6.45, 7) is 8.39. The van der Waals surface area contributed by atoms with Crippen LogP contribution in [0.25, 0.3) is 0 Å². The van der Waals surface area contributed by atoms with Gasteiger partial charge in [0.25, 0.3) is 0 Å². The largest absolute Gasteiger partial charge is 0.394 e. The van der Waals surface area contributed by atoms with Crippen LogP contribution >= 0.6 is 0 Å². The first-order chi connectivity index (χ1) is 9.24. The summed E-state index contributed by atoms with van der Waals surface area (Å²) >= 11 is 0. The fourth-order valence-electron chi connectivity index (χ4n) is 5.77. The monoisotopic (exact) mass is 277 g/mol. The molecule has 1 amide bonds. The van der Waals surface area contributed by atoms with E-state index in [0.717, 1.165) is 0 Å². The predicted molar refractivity (Wildman–Crippen MR) is 73.9 cm³/mol. The number of nitrogens with zero attached hydrogens (tertiary/aromatic N) is 1. The molecule has 0 aromatic carbocycles. The first-order valence-electron chi connectivity index (χ1n) is 7.53. The Hall–Kier alpha value is -0.870. The van der Waals surface area contributed by atoms with Crippen LogP contribution in [0.2, 0.25) is 0 Å². The topological polar surface area (TPSA) is 53.1 Å². The van der Waals surface area contributed by atoms with Gasteiger partial charge in [-0.15, -0.1) is 0 Å². The van der Waals surface area contributed by atoms with Gasteiger partial charge in [-0.1, -0.05) is 26.0 Å². The standard InChI is InChI=1S/C16H23NO3/c1-9(8-18)17(5)12(19)16-10(2)11(16)13(3)6-7-15(13)14(16,4)20-15/h6-7,9-11,18H,8H2,1-5H3. The molecule has 1 spiro atoms. The van der Waals surface area contributed by atoms with Crippen LogP contribution in [0.5, 0.6) is 0 Å². The van der Waals surface area contributed by atoms with Gasteiger partial charge in [-0.3, -0.25) is 4.79 Å². The van der Waals surface area contributed by atoms with Gasteiger partial charge in [0.2, 0.25) is 5.91 Å². The molecule has 3 aliphatic carbocycles. The van der Waals surface area contributed by atoms with Gasteiger partial charge in [0.05, 0.1) is 18.1 Å². The number of epoxide rings is 1. The van der Waals surface area contributed by atoms with Crippen molar-refractivity contribution in [3.05, 3.63) is 12.2 Å². The van der Waals surface area contributed by atoms with Crippen molar-refractivity contribution in [3.63, 3.8) is 0 Å². The minimum absolute atomic E-state index is 0.00437. The quantitative estimate of drug-likeness (QED) is 0.623. The predicted octanol–water partition coefficient (Wildman–Crippen LogP) is 1.20. The number of fused-ring (bicyclic) bond motifs is 3. The lowest BCUT2D eigenvalue weighted by molar-refractivity contribution is -0.142. The van der Waals surface area contributed by atoms with Crippen molar-refractivity contribution < 1.29 is 14.6 Å². The van der Waals surface area contributed by atoms with E-state index >= 15 is 0 Å². The second-order valence-corrected chi connectivity index (χ2v) is 7.57. The van der Waals surface area contributed by atoms with Crippen LogP contribution in [0.4, 0.5) is 0 Å². The minimum Gasteiger partial charge on any atom is -0.394 e. The van der Waals surface area contributed by atoms with Crippen molar-refractivity contribution in [1.29, 1.82) is 0 Å².